The summed E-state index contributed by atoms with van der Waals surface area (Å²) in [5.41, 5.74) is 1.09. The number of nitrogens with zero attached hydrogens (tertiary/aromatic N) is 2. The van der Waals surface area contributed by atoms with E-state index < -0.39 is 14.9 Å². The SMILES string of the molecule is CC(C)CC(=O)Nc1ccc(Nc2ccc([N+](=O)[O-])cc2S(=O)(=O)N2CCOCC2)cc1. The highest BCUT2D eigenvalue weighted by Crippen LogP contribution is 2.32. The van der Waals surface area contributed by atoms with Crippen molar-refractivity contribution in [3.63, 3.8) is 0 Å². The maximum Gasteiger partial charge on any atom is 0.270 e. The van der Waals surface area contributed by atoms with E-state index in [4.69, 9.17) is 4.74 Å². The third kappa shape index (κ3) is 5.81. The lowest BCUT2D eigenvalue weighted by molar-refractivity contribution is -0.385. The summed E-state index contributed by atoms with van der Waals surface area (Å²) in [6, 6.07) is 10.5. The van der Waals surface area contributed by atoms with Gasteiger partial charge in [0.2, 0.25) is 15.9 Å². The van der Waals surface area contributed by atoms with Crippen LogP contribution in [0.4, 0.5) is 22.7 Å². The molecule has 1 saturated heterocycles. The van der Waals surface area contributed by atoms with Gasteiger partial charge >= 0.3 is 0 Å². The average Bonchev–Trinajstić information content (AvgIpc) is 2.75. The third-order valence-corrected chi connectivity index (χ3v) is 6.74. The number of rotatable bonds is 8. The van der Waals surface area contributed by atoms with Crippen molar-refractivity contribution < 1.29 is 22.9 Å². The second kappa shape index (κ2) is 10.1. The van der Waals surface area contributed by atoms with E-state index in [-0.39, 0.29) is 54.4 Å². The number of morpholine rings is 1. The molecule has 11 heteroatoms. The Balaban J connectivity index is 1.86. The fourth-order valence-electron chi connectivity index (χ4n) is 3.24. The number of hydrogen-bond acceptors (Lipinski definition) is 7. The van der Waals surface area contributed by atoms with Gasteiger partial charge in [0.05, 0.1) is 23.8 Å². The van der Waals surface area contributed by atoms with Crippen LogP contribution in [0.15, 0.2) is 47.4 Å². The molecule has 1 amide bonds. The zero-order valence-electron chi connectivity index (χ0n) is 17.9. The number of nitrogens with one attached hydrogen (secondary N) is 2. The summed E-state index contributed by atoms with van der Waals surface area (Å²) in [6.45, 7) is 4.80. The fraction of sp³-hybridized carbons (Fsp3) is 0.381. The number of hydrogen-bond donors (Lipinski definition) is 2. The zero-order valence-corrected chi connectivity index (χ0v) is 18.7. The molecule has 1 fully saturated rings. The molecule has 32 heavy (non-hydrogen) atoms. The van der Waals surface area contributed by atoms with E-state index >= 15 is 0 Å². The number of carbonyl (C=O) groups is 1. The van der Waals surface area contributed by atoms with Gasteiger partial charge in [-0.05, 0) is 36.2 Å². The zero-order chi connectivity index (χ0) is 23.3. The summed E-state index contributed by atoms with van der Waals surface area (Å²) < 4.78 is 32.9. The Morgan fingerprint density at radius 3 is 2.34 bits per heavy atom. The van der Waals surface area contributed by atoms with Crippen LogP contribution in [0.5, 0.6) is 0 Å². The average molecular weight is 463 g/mol. The third-order valence-electron chi connectivity index (χ3n) is 4.81. The predicted molar refractivity (Wildman–Crippen MR) is 120 cm³/mol. The van der Waals surface area contributed by atoms with Crippen LogP contribution in [0.25, 0.3) is 0 Å². The molecule has 2 aromatic rings. The molecule has 1 aliphatic rings. The van der Waals surface area contributed by atoms with Gasteiger partial charge in [-0.1, -0.05) is 13.8 Å². The molecule has 3 rings (SSSR count). The van der Waals surface area contributed by atoms with E-state index in [0.717, 1.165) is 6.07 Å². The van der Waals surface area contributed by atoms with Crippen LogP contribution in [0.2, 0.25) is 0 Å². The second-order valence-electron chi connectivity index (χ2n) is 7.80. The van der Waals surface area contributed by atoms with E-state index in [1.54, 1.807) is 24.3 Å². The van der Waals surface area contributed by atoms with E-state index in [1.807, 2.05) is 13.8 Å². The number of amides is 1. The molecule has 0 unspecified atom stereocenters. The molecule has 1 heterocycles. The van der Waals surface area contributed by atoms with Crippen molar-refractivity contribution in [2.75, 3.05) is 36.9 Å². The largest absolute Gasteiger partial charge is 0.379 e. The van der Waals surface area contributed by atoms with Crippen LogP contribution in [-0.2, 0) is 19.6 Å². The van der Waals surface area contributed by atoms with Crippen LogP contribution in [-0.4, -0.2) is 49.9 Å². The molecule has 0 radical (unpaired) electrons. The highest BCUT2D eigenvalue weighted by Gasteiger charge is 2.30. The molecule has 0 saturated carbocycles. The van der Waals surface area contributed by atoms with E-state index in [2.05, 4.69) is 10.6 Å². The van der Waals surface area contributed by atoms with Crippen molar-refractivity contribution in [1.29, 1.82) is 0 Å². The molecular formula is C21H26N4O6S. The standard InChI is InChI=1S/C21H26N4O6S/c1-15(2)13-21(26)23-17-5-3-16(4-6-17)22-19-8-7-18(25(27)28)14-20(19)32(29,30)24-9-11-31-12-10-24/h3-8,14-15,22H,9-13H2,1-2H3,(H,23,26). The molecule has 172 valence electrons. The first kappa shape index (κ1) is 23.6. The van der Waals surface area contributed by atoms with Gasteiger partial charge in [0, 0.05) is 43.0 Å². The predicted octanol–water partition coefficient (Wildman–Crippen LogP) is 3.34. The number of nitro benzene ring substituents is 1. The number of nitro groups is 1. The Morgan fingerprint density at radius 1 is 1.12 bits per heavy atom. The first-order chi connectivity index (χ1) is 15.2. The molecule has 2 aromatic carbocycles. The smallest absolute Gasteiger partial charge is 0.270 e. The number of anilines is 3. The minimum absolute atomic E-state index is 0.0880. The second-order valence-corrected chi connectivity index (χ2v) is 9.71. The fourth-order valence-corrected chi connectivity index (χ4v) is 4.82. The maximum absolute atomic E-state index is 13.2. The van der Waals surface area contributed by atoms with Crippen molar-refractivity contribution in [2.24, 2.45) is 5.92 Å². The van der Waals surface area contributed by atoms with E-state index in [0.29, 0.717) is 17.8 Å². The molecule has 0 spiro atoms. The normalized spacial score (nSPS) is 14.8. The van der Waals surface area contributed by atoms with Crippen molar-refractivity contribution in [3.05, 3.63) is 52.6 Å². The van der Waals surface area contributed by atoms with E-state index in [9.17, 15) is 23.3 Å². The summed E-state index contributed by atoms with van der Waals surface area (Å²) in [5, 5.41) is 17.1. The van der Waals surface area contributed by atoms with Crippen LogP contribution >= 0.6 is 0 Å². The minimum Gasteiger partial charge on any atom is -0.379 e. The Labute approximate surface area is 186 Å². The van der Waals surface area contributed by atoms with Gasteiger partial charge in [-0.3, -0.25) is 14.9 Å². The molecule has 10 nitrogen and oxygen atoms in total. The van der Waals surface area contributed by atoms with Crippen LogP contribution in [0, 0.1) is 16.0 Å². The summed E-state index contributed by atoms with van der Waals surface area (Å²) >= 11 is 0. The highest BCUT2D eigenvalue weighted by atomic mass is 32.2. The van der Waals surface area contributed by atoms with Crippen molar-refractivity contribution in [3.8, 4) is 0 Å². The lowest BCUT2D eigenvalue weighted by atomic mass is 10.1. The Bertz CT molecular complexity index is 1080. The van der Waals surface area contributed by atoms with Crippen LogP contribution in [0.1, 0.15) is 20.3 Å². The lowest BCUT2D eigenvalue weighted by Crippen LogP contribution is -2.40. The van der Waals surface area contributed by atoms with Gasteiger partial charge < -0.3 is 15.4 Å². The first-order valence-electron chi connectivity index (χ1n) is 10.2. The highest BCUT2D eigenvalue weighted by molar-refractivity contribution is 7.89. The van der Waals surface area contributed by atoms with Gasteiger partial charge in [-0.15, -0.1) is 0 Å². The van der Waals surface area contributed by atoms with E-state index in [1.165, 1.54) is 16.4 Å². The molecule has 0 aliphatic carbocycles. The number of non-ortho nitro benzene ring substituents is 1. The van der Waals surface area contributed by atoms with Gasteiger partial charge in [0.1, 0.15) is 4.90 Å². The van der Waals surface area contributed by atoms with Gasteiger partial charge in [0.15, 0.2) is 0 Å². The molecular weight excluding hydrogens is 436 g/mol. The summed E-state index contributed by atoms with van der Waals surface area (Å²) in [7, 11) is -3.98. The number of ether oxygens (including phenoxy) is 1. The number of sulfonamides is 1. The molecule has 0 bridgehead atoms. The van der Waals surface area contributed by atoms with Gasteiger partial charge in [0.25, 0.3) is 5.69 Å². The summed E-state index contributed by atoms with van der Waals surface area (Å²) in [6.07, 6.45) is 0.408. The maximum atomic E-state index is 13.2. The molecule has 0 aromatic heterocycles. The van der Waals surface area contributed by atoms with Crippen LogP contribution in [0.3, 0.4) is 0 Å². The van der Waals surface area contributed by atoms with Gasteiger partial charge in [-0.25, -0.2) is 8.42 Å². The lowest BCUT2D eigenvalue weighted by Gasteiger charge is -2.27. The van der Waals surface area contributed by atoms with Crippen molar-refractivity contribution in [1.82, 2.24) is 4.31 Å². The first-order valence-corrected chi connectivity index (χ1v) is 11.6. The van der Waals surface area contributed by atoms with Crippen molar-refractivity contribution >= 4 is 38.7 Å². The molecule has 2 N–H and O–H groups in total. The molecule has 1 aliphatic heterocycles. The van der Waals surface area contributed by atoms with Crippen molar-refractivity contribution in [2.45, 2.75) is 25.2 Å². The monoisotopic (exact) mass is 462 g/mol. The molecule has 0 atom stereocenters. The number of carbonyl (C=O) groups excluding carboxylic acids is 1. The van der Waals surface area contributed by atoms with Crippen LogP contribution < -0.4 is 10.6 Å². The summed E-state index contributed by atoms with van der Waals surface area (Å²) in [4.78, 5) is 22.4. The Hall–Kier alpha value is -3.02. The number of benzene rings is 2. The minimum atomic E-state index is -3.98. The Morgan fingerprint density at radius 2 is 1.75 bits per heavy atom. The van der Waals surface area contributed by atoms with Gasteiger partial charge in [-0.2, -0.15) is 4.31 Å². The Kier molecular flexibility index (Phi) is 7.44. The quantitative estimate of drug-likeness (QED) is 0.454. The topological polar surface area (TPSA) is 131 Å². The summed E-state index contributed by atoms with van der Waals surface area (Å²) in [5.74, 6) is 0.153.